The number of rotatable bonds is 10. The Bertz CT molecular complexity index is 904. The molecule has 1 aliphatic carbocycles. The number of amides is 2. The summed E-state index contributed by atoms with van der Waals surface area (Å²) in [5.74, 6) is 0.554. The van der Waals surface area contributed by atoms with E-state index < -0.39 is 6.04 Å². The molecule has 0 bridgehead atoms. The molecule has 0 spiro atoms. The number of nitrogens with zero attached hydrogens (tertiary/aromatic N) is 1. The van der Waals surface area contributed by atoms with E-state index in [-0.39, 0.29) is 17.9 Å². The highest BCUT2D eigenvalue weighted by Gasteiger charge is 2.30. The summed E-state index contributed by atoms with van der Waals surface area (Å²) in [5, 5.41) is 4.08. The van der Waals surface area contributed by atoms with E-state index in [0.717, 1.165) is 36.1 Å². The van der Waals surface area contributed by atoms with Gasteiger partial charge in [-0.25, -0.2) is 0 Å². The summed E-state index contributed by atoms with van der Waals surface area (Å²) in [6, 6.07) is 15.1. The highest BCUT2D eigenvalue weighted by molar-refractivity contribution is 7.99. The topological polar surface area (TPSA) is 49.4 Å². The fraction of sp³-hybridized carbons (Fsp3) is 0.440. The van der Waals surface area contributed by atoms with Crippen LogP contribution in [0.4, 0.5) is 0 Å². The molecule has 1 saturated carbocycles. The molecule has 2 aromatic rings. The van der Waals surface area contributed by atoms with Crippen molar-refractivity contribution >= 4 is 46.8 Å². The first-order valence-electron chi connectivity index (χ1n) is 11.2. The Kier molecular flexibility index (Phi) is 9.76. The number of carbonyl (C=O) groups excluding carboxylic acids is 2. The van der Waals surface area contributed by atoms with E-state index in [1.54, 1.807) is 28.8 Å². The van der Waals surface area contributed by atoms with Crippen LogP contribution in [0, 0.1) is 0 Å². The first kappa shape index (κ1) is 24.9. The van der Waals surface area contributed by atoms with Gasteiger partial charge in [-0.2, -0.15) is 0 Å². The number of hydrogen-bond donors (Lipinski definition) is 1. The zero-order chi connectivity index (χ0) is 22.9. The van der Waals surface area contributed by atoms with Crippen LogP contribution in [0.15, 0.2) is 53.4 Å². The molecule has 2 amide bonds. The van der Waals surface area contributed by atoms with Gasteiger partial charge in [0.2, 0.25) is 11.8 Å². The largest absolute Gasteiger partial charge is 0.352 e. The van der Waals surface area contributed by atoms with Crippen LogP contribution in [0.2, 0.25) is 10.0 Å². The lowest BCUT2D eigenvalue weighted by Gasteiger charge is -2.31. The zero-order valence-electron chi connectivity index (χ0n) is 18.4. The smallest absolute Gasteiger partial charge is 0.243 e. The van der Waals surface area contributed by atoms with Gasteiger partial charge in [-0.15, -0.1) is 11.8 Å². The van der Waals surface area contributed by atoms with E-state index in [1.807, 2.05) is 43.3 Å². The average Bonchev–Trinajstić information content (AvgIpc) is 3.29. The fourth-order valence-electron chi connectivity index (χ4n) is 4.04. The van der Waals surface area contributed by atoms with Gasteiger partial charge in [0.1, 0.15) is 6.04 Å². The Balaban J connectivity index is 1.72. The molecule has 1 aliphatic rings. The van der Waals surface area contributed by atoms with E-state index in [9.17, 15) is 9.59 Å². The van der Waals surface area contributed by atoms with E-state index in [4.69, 9.17) is 23.2 Å². The number of carbonyl (C=O) groups is 2. The molecule has 172 valence electrons. The first-order valence-corrected chi connectivity index (χ1v) is 12.9. The number of thioether (sulfide) groups is 1. The summed E-state index contributed by atoms with van der Waals surface area (Å²) in [5.41, 5.74) is 0.857. The third kappa shape index (κ3) is 7.16. The SMILES string of the molecule is CCC(C(=O)NC1CCCC1)N(Cc1ccc(Cl)c(Cl)c1)C(=O)CCSc1ccccc1. The molecule has 7 heteroatoms. The van der Waals surface area contributed by atoms with Gasteiger partial charge >= 0.3 is 0 Å². The highest BCUT2D eigenvalue weighted by Crippen LogP contribution is 2.25. The van der Waals surface area contributed by atoms with Gasteiger partial charge in [0.05, 0.1) is 10.0 Å². The normalized spacial score (nSPS) is 14.8. The lowest BCUT2D eigenvalue weighted by molar-refractivity contribution is -0.141. The molecule has 4 nitrogen and oxygen atoms in total. The maximum Gasteiger partial charge on any atom is 0.243 e. The van der Waals surface area contributed by atoms with E-state index in [1.165, 1.54) is 0 Å². The first-order chi connectivity index (χ1) is 15.5. The predicted octanol–water partition coefficient (Wildman–Crippen LogP) is 6.34. The van der Waals surface area contributed by atoms with E-state index in [2.05, 4.69) is 5.32 Å². The number of hydrogen-bond acceptors (Lipinski definition) is 3. The third-order valence-corrected chi connectivity index (χ3v) is 7.51. The lowest BCUT2D eigenvalue weighted by Crippen LogP contribution is -2.51. The van der Waals surface area contributed by atoms with Crippen LogP contribution in [0.3, 0.4) is 0 Å². The molecule has 0 aromatic heterocycles. The molecule has 1 atom stereocenters. The summed E-state index contributed by atoms with van der Waals surface area (Å²) in [4.78, 5) is 29.3. The molecular weight excluding hydrogens is 463 g/mol. The molecular formula is C25H30Cl2N2O2S. The minimum Gasteiger partial charge on any atom is -0.352 e. The molecule has 3 rings (SSSR count). The Morgan fingerprint density at radius 3 is 2.47 bits per heavy atom. The average molecular weight is 494 g/mol. The molecule has 1 N–H and O–H groups in total. The molecule has 2 aromatic carbocycles. The van der Waals surface area contributed by atoms with Crippen molar-refractivity contribution in [3.8, 4) is 0 Å². The van der Waals surface area contributed by atoms with Gasteiger partial charge in [-0.1, -0.05) is 67.2 Å². The molecule has 32 heavy (non-hydrogen) atoms. The van der Waals surface area contributed by atoms with Crippen LogP contribution < -0.4 is 5.32 Å². The second-order valence-corrected chi connectivity index (χ2v) is 10.1. The third-order valence-electron chi connectivity index (χ3n) is 5.75. The number of halogens is 2. The maximum atomic E-state index is 13.3. The fourth-order valence-corrected chi connectivity index (χ4v) is 5.22. The van der Waals surface area contributed by atoms with Crippen LogP contribution in [-0.2, 0) is 16.1 Å². The van der Waals surface area contributed by atoms with Crippen LogP contribution in [-0.4, -0.2) is 34.6 Å². The number of benzene rings is 2. The van der Waals surface area contributed by atoms with Gasteiger partial charge in [0.25, 0.3) is 0 Å². The summed E-state index contributed by atoms with van der Waals surface area (Å²) < 4.78 is 0. The van der Waals surface area contributed by atoms with Gasteiger partial charge in [0.15, 0.2) is 0 Å². The molecule has 0 aliphatic heterocycles. The minimum atomic E-state index is -0.515. The second kappa shape index (κ2) is 12.5. The molecule has 0 heterocycles. The monoisotopic (exact) mass is 492 g/mol. The Hall–Kier alpha value is -1.69. The van der Waals surface area contributed by atoms with Crippen LogP contribution in [0.1, 0.15) is 51.0 Å². The Morgan fingerprint density at radius 2 is 1.81 bits per heavy atom. The second-order valence-electron chi connectivity index (χ2n) is 8.10. The number of nitrogens with one attached hydrogen (secondary N) is 1. The van der Waals surface area contributed by atoms with Crippen molar-refractivity contribution in [3.05, 3.63) is 64.1 Å². The van der Waals surface area contributed by atoms with Crippen molar-refractivity contribution in [2.24, 2.45) is 0 Å². The Morgan fingerprint density at radius 1 is 1.09 bits per heavy atom. The summed E-state index contributed by atoms with van der Waals surface area (Å²) in [7, 11) is 0. The standard InChI is InChI=1S/C25H30Cl2N2O2S/c1-2-23(25(31)28-19-8-6-7-9-19)29(17-18-12-13-21(26)22(27)16-18)24(30)14-15-32-20-10-4-3-5-11-20/h3-5,10-13,16,19,23H,2,6-9,14-15,17H2,1H3,(H,28,31). The van der Waals surface area contributed by atoms with Crippen LogP contribution in [0.25, 0.3) is 0 Å². The van der Waals surface area contributed by atoms with Crippen molar-refractivity contribution in [3.63, 3.8) is 0 Å². The van der Waals surface area contributed by atoms with Gasteiger partial charge in [-0.05, 0) is 49.1 Å². The molecule has 1 fully saturated rings. The summed E-state index contributed by atoms with van der Waals surface area (Å²) >= 11 is 13.9. The van der Waals surface area contributed by atoms with Crippen LogP contribution in [0.5, 0.6) is 0 Å². The van der Waals surface area contributed by atoms with E-state index in [0.29, 0.717) is 35.2 Å². The van der Waals surface area contributed by atoms with E-state index >= 15 is 0 Å². The highest BCUT2D eigenvalue weighted by atomic mass is 35.5. The van der Waals surface area contributed by atoms with Gasteiger partial charge in [0, 0.05) is 29.7 Å². The van der Waals surface area contributed by atoms with Crippen molar-refractivity contribution in [1.82, 2.24) is 10.2 Å². The van der Waals surface area contributed by atoms with Crippen molar-refractivity contribution < 1.29 is 9.59 Å². The van der Waals surface area contributed by atoms with Crippen molar-refractivity contribution in [2.45, 2.75) is 69.0 Å². The molecule has 1 unspecified atom stereocenters. The quantitative estimate of drug-likeness (QED) is 0.393. The van der Waals surface area contributed by atoms with Gasteiger partial charge < -0.3 is 10.2 Å². The van der Waals surface area contributed by atoms with Crippen molar-refractivity contribution in [2.75, 3.05) is 5.75 Å². The minimum absolute atomic E-state index is 0.0343. The molecule has 0 radical (unpaired) electrons. The van der Waals surface area contributed by atoms with Crippen LogP contribution >= 0.6 is 35.0 Å². The lowest BCUT2D eigenvalue weighted by atomic mass is 10.1. The van der Waals surface area contributed by atoms with Gasteiger partial charge in [-0.3, -0.25) is 9.59 Å². The maximum absolute atomic E-state index is 13.3. The molecule has 0 saturated heterocycles. The summed E-state index contributed by atoms with van der Waals surface area (Å²) in [6.45, 7) is 2.27. The predicted molar refractivity (Wildman–Crippen MR) is 133 cm³/mol. The zero-order valence-corrected chi connectivity index (χ0v) is 20.7. The Labute approximate surface area is 205 Å². The summed E-state index contributed by atoms with van der Waals surface area (Å²) in [6.07, 6.45) is 5.22. The van der Waals surface area contributed by atoms with Crippen molar-refractivity contribution in [1.29, 1.82) is 0 Å².